The summed E-state index contributed by atoms with van der Waals surface area (Å²) in [6.45, 7) is 3.04. The monoisotopic (exact) mass is 240 g/mol. The van der Waals surface area contributed by atoms with Gasteiger partial charge in [-0.1, -0.05) is 11.6 Å². The van der Waals surface area contributed by atoms with Crippen molar-refractivity contribution >= 4 is 17.5 Å². The van der Waals surface area contributed by atoms with Crippen molar-refractivity contribution in [3.8, 4) is 6.07 Å². The minimum Gasteiger partial charge on any atom is -0.334 e. The molecule has 0 spiro atoms. The highest BCUT2D eigenvalue weighted by molar-refractivity contribution is 6.31. The molecule has 0 radical (unpaired) electrons. The van der Waals surface area contributed by atoms with Crippen molar-refractivity contribution in [2.24, 2.45) is 0 Å². The minimum atomic E-state index is -1.05. The van der Waals surface area contributed by atoms with E-state index in [-0.39, 0.29) is 10.6 Å². The highest BCUT2D eigenvalue weighted by Gasteiger charge is 2.22. The summed E-state index contributed by atoms with van der Waals surface area (Å²) < 4.78 is 13.3. The third-order valence-corrected chi connectivity index (χ3v) is 2.11. The van der Waals surface area contributed by atoms with Gasteiger partial charge in [-0.05, 0) is 32.0 Å². The Morgan fingerprint density at radius 1 is 1.56 bits per heavy atom. The van der Waals surface area contributed by atoms with Crippen LogP contribution in [0.4, 0.5) is 4.39 Å². The van der Waals surface area contributed by atoms with E-state index < -0.39 is 17.3 Å². The van der Waals surface area contributed by atoms with Crippen LogP contribution < -0.4 is 5.32 Å². The number of nitrogens with zero attached hydrogens (tertiary/aromatic N) is 1. The topological polar surface area (TPSA) is 52.9 Å². The fourth-order valence-corrected chi connectivity index (χ4v) is 1.22. The predicted molar refractivity (Wildman–Crippen MR) is 58.6 cm³/mol. The van der Waals surface area contributed by atoms with Gasteiger partial charge in [0.15, 0.2) is 0 Å². The minimum absolute atomic E-state index is 0.171. The Hall–Kier alpha value is -1.60. The number of hydrogen-bond donors (Lipinski definition) is 1. The number of benzene rings is 1. The van der Waals surface area contributed by atoms with Crippen LogP contribution in [-0.2, 0) is 0 Å². The van der Waals surface area contributed by atoms with Crippen LogP contribution in [0.25, 0.3) is 0 Å². The summed E-state index contributed by atoms with van der Waals surface area (Å²) in [7, 11) is 0. The second kappa shape index (κ2) is 4.50. The first-order valence-corrected chi connectivity index (χ1v) is 4.92. The zero-order valence-electron chi connectivity index (χ0n) is 8.84. The largest absolute Gasteiger partial charge is 0.334 e. The number of hydrogen-bond acceptors (Lipinski definition) is 2. The van der Waals surface area contributed by atoms with Gasteiger partial charge in [0.05, 0.1) is 11.6 Å². The summed E-state index contributed by atoms with van der Waals surface area (Å²) >= 11 is 5.65. The Kier molecular flexibility index (Phi) is 3.51. The number of carbonyl (C=O) groups excluding carboxylic acids is 1. The summed E-state index contributed by atoms with van der Waals surface area (Å²) in [5.41, 5.74) is -1.22. The molecule has 0 saturated carbocycles. The van der Waals surface area contributed by atoms with Crippen molar-refractivity contribution in [3.63, 3.8) is 0 Å². The second-order valence-electron chi connectivity index (χ2n) is 3.82. The zero-order valence-corrected chi connectivity index (χ0v) is 9.60. The van der Waals surface area contributed by atoms with E-state index in [1.807, 2.05) is 6.07 Å². The second-order valence-corrected chi connectivity index (χ2v) is 4.25. The molecule has 1 N–H and O–H groups in total. The maximum Gasteiger partial charge on any atom is 0.255 e. The number of carbonyl (C=O) groups is 1. The first kappa shape index (κ1) is 12.5. The predicted octanol–water partition coefficient (Wildman–Crippen LogP) is 2.51. The average molecular weight is 241 g/mol. The number of nitrogens with one attached hydrogen (secondary N) is 1. The molecule has 0 aliphatic carbocycles. The van der Waals surface area contributed by atoms with Gasteiger partial charge in [-0.3, -0.25) is 4.79 Å². The van der Waals surface area contributed by atoms with Crippen molar-refractivity contribution in [1.29, 1.82) is 5.26 Å². The van der Waals surface area contributed by atoms with Crippen LogP contribution in [0.2, 0.25) is 5.02 Å². The summed E-state index contributed by atoms with van der Waals surface area (Å²) in [5, 5.41) is 11.4. The lowest BCUT2D eigenvalue weighted by Gasteiger charge is -2.17. The molecule has 0 saturated heterocycles. The molecule has 1 rings (SSSR count). The van der Waals surface area contributed by atoms with Gasteiger partial charge in [0.2, 0.25) is 0 Å². The van der Waals surface area contributed by atoms with E-state index in [9.17, 15) is 9.18 Å². The van der Waals surface area contributed by atoms with Gasteiger partial charge in [-0.2, -0.15) is 5.26 Å². The van der Waals surface area contributed by atoms with Crippen LogP contribution in [-0.4, -0.2) is 11.4 Å². The maximum absolute atomic E-state index is 13.3. The Morgan fingerprint density at radius 3 is 2.75 bits per heavy atom. The molecule has 0 bridgehead atoms. The van der Waals surface area contributed by atoms with Gasteiger partial charge in [0.1, 0.15) is 11.4 Å². The van der Waals surface area contributed by atoms with Crippen molar-refractivity contribution in [2.75, 3.05) is 0 Å². The molecule has 3 nitrogen and oxygen atoms in total. The van der Waals surface area contributed by atoms with Crippen molar-refractivity contribution in [1.82, 2.24) is 5.32 Å². The van der Waals surface area contributed by atoms with Crippen LogP contribution in [0.15, 0.2) is 18.2 Å². The summed E-state index contributed by atoms with van der Waals surface area (Å²) in [4.78, 5) is 11.6. The van der Waals surface area contributed by atoms with Gasteiger partial charge >= 0.3 is 0 Å². The molecule has 0 aromatic heterocycles. The first-order valence-electron chi connectivity index (χ1n) is 4.54. The van der Waals surface area contributed by atoms with Crippen LogP contribution >= 0.6 is 11.6 Å². The number of amides is 1. The molecule has 1 aromatic rings. The molecule has 0 fully saturated rings. The quantitative estimate of drug-likeness (QED) is 0.864. The molecule has 0 aliphatic rings. The fourth-order valence-electron chi connectivity index (χ4n) is 1.05. The lowest BCUT2D eigenvalue weighted by molar-refractivity contribution is 0.0925. The molecule has 0 aliphatic heterocycles. The molecular weight excluding hydrogens is 231 g/mol. The van der Waals surface area contributed by atoms with Crippen molar-refractivity contribution in [2.45, 2.75) is 19.4 Å². The van der Waals surface area contributed by atoms with E-state index in [0.29, 0.717) is 0 Å². The van der Waals surface area contributed by atoms with Crippen LogP contribution in [0, 0.1) is 17.1 Å². The van der Waals surface area contributed by atoms with Gasteiger partial charge in [0, 0.05) is 5.02 Å². The van der Waals surface area contributed by atoms with E-state index in [4.69, 9.17) is 16.9 Å². The Balaban J connectivity index is 2.98. The van der Waals surface area contributed by atoms with Crippen molar-refractivity contribution < 1.29 is 9.18 Å². The Labute approximate surface area is 97.8 Å². The van der Waals surface area contributed by atoms with E-state index >= 15 is 0 Å². The highest BCUT2D eigenvalue weighted by Crippen LogP contribution is 2.15. The third-order valence-electron chi connectivity index (χ3n) is 1.88. The molecule has 0 atom stereocenters. The van der Waals surface area contributed by atoms with Crippen molar-refractivity contribution in [3.05, 3.63) is 34.6 Å². The fraction of sp³-hybridized carbons (Fsp3) is 0.273. The molecule has 5 heteroatoms. The van der Waals surface area contributed by atoms with E-state index in [1.54, 1.807) is 0 Å². The molecule has 0 unspecified atom stereocenters. The normalized spacial score (nSPS) is 10.7. The first-order chi connectivity index (χ1) is 7.35. The average Bonchev–Trinajstić information content (AvgIpc) is 2.21. The molecule has 84 valence electrons. The lowest BCUT2D eigenvalue weighted by Crippen LogP contribution is -2.42. The van der Waals surface area contributed by atoms with Crippen LogP contribution in [0.5, 0.6) is 0 Å². The Morgan fingerprint density at radius 2 is 2.19 bits per heavy atom. The Bertz CT molecular complexity index is 466. The smallest absolute Gasteiger partial charge is 0.255 e. The lowest BCUT2D eigenvalue weighted by atomic mass is 10.1. The summed E-state index contributed by atoms with van der Waals surface area (Å²) in [6, 6.07) is 5.57. The van der Waals surface area contributed by atoms with Crippen LogP contribution in [0.1, 0.15) is 24.2 Å². The molecule has 1 amide bonds. The number of rotatable bonds is 2. The molecule has 16 heavy (non-hydrogen) atoms. The van der Waals surface area contributed by atoms with E-state index in [2.05, 4.69) is 5.32 Å². The maximum atomic E-state index is 13.3. The van der Waals surface area contributed by atoms with Gasteiger partial charge in [-0.15, -0.1) is 0 Å². The van der Waals surface area contributed by atoms with Crippen LogP contribution in [0.3, 0.4) is 0 Å². The number of nitriles is 1. The molecule has 1 aromatic carbocycles. The standard InChI is InChI=1S/C11H10ClFN2O/c1-11(2,6-14)15-10(16)8-5-7(12)3-4-9(8)13/h3-5H,1-2H3,(H,15,16). The SMILES string of the molecule is CC(C)(C#N)NC(=O)c1cc(Cl)ccc1F. The number of halogens is 2. The molecule has 0 heterocycles. The molecular formula is C11H10ClFN2O. The summed E-state index contributed by atoms with van der Waals surface area (Å²) in [5.74, 6) is -1.33. The van der Waals surface area contributed by atoms with Gasteiger partial charge in [-0.25, -0.2) is 4.39 Å². The van der Waals surface area contributed by atoms with E-state index in [1.165, 1.54) is 26.0 Å². The van der Waals surface area contributed by atoms with Gasteiger partial charge in [0.25, 0.3) is 5.91 Å². The van der Waals surface area contributed by atoms with Gasteiger partial charge < -0.3 is 5.32 Å². The van der Waals surface area contributed by atoms with E-state index in [0.717, 1.165) is 6.07 Å². The third kappa shape index (κ3) is 2.94. The highest BCUT2D eigenvalue weighted by atomic mass is 35.5. The zero-order chi connectivity index (χ0) is 12.3. The summed E-state index contributed by atoms with van der Waals surface area (Å²) in [6.07, 6.45) is 0.